The van der Waals surface area contributed by atoms with Gasteiger partial charge >= 0.3 is 0 Å². The quantitative estimate of drug-likeness (QED) is 0.770. The fourth-order valence-corrected chi connectivity index (χ4v) is 1.81. The summed E-state index contributed by atoms with van der Waals surface area (Å²) in [4.78, 5) is 2.22. The lowest BCUT2D eigenvalue weighted by atomic mass is 10.2. The zero-order chi connectivity index (χ0) is 13.4. The van der Waals surface area contributed by atoms with Crippen LogP contribution in [0.3, 0.4) is 0 Å². The lowest BCUT2D eigenvalue weighted by Crippen LogP contribution is -2.15. The number of anilines is 1. The topological polar surface area (TPSA) is 15.3 Å². The molecule has 0 radical (unpaired) electrons. The van der Waals surface area contributed by atoms with Gasteiger partial charge in [-0.25, -0.2) is 0 Å². The molecule has 0 bridgehead atoms. The fraction of sp³-hybridized carbons (Fsp3) is 0.375. The van der Waals surface area contributed by atoms with Gasteiger partial charge in [0.15, 0.2) is 0 Å². The first-order chi connectivity index (χ1) is 8.69. The summed E-state index contributed by atoms with van der Waals surface area (Å²) in [6, 6.07) is 8.57. The molecular weight excluding hydrogens is 220 g/mol. The number of likely N-dealkylation sites (N-methyl/N-ethyl adjacent to an activating group) is 2. The van der Waals surface area contributed by atoms with Crippen LogP contribution in [0.1, 0.15) is 18.9 Å². The van der Waals surface area contributed by atoms with Crippen LogP contribution < -0.4 is 10.2 Å². The van der Waals surface area contributed by atoms with Gasteiger partial charge in [-0.2, -0.15) is 0 Å². The molecule has 0 atom stereocenters. The number of allylic oxidation sites excluding steroid dienone is 2. The van der Waals surface area contributed by atoms with Crippen LogP contribution in [0.15, 0.2) is 48.2 Å². The van der Waals surface area contributed by atoms with E-state index in [1.54, 1.807) is 0 Å². The van der Waals surface area contributed by atoms with Gasteiger partial charge in [-0.05, 0) is 44.2 Å². The van der Waals surface area contributed by atoms with Gasteiger partial charge in [0.2, 0.25) is 0 Å². The molecule has 2 nitrogen and oxygen atoms in total. The number of hydrogen-bond donors (Lipinski definition) is 1. The van der Waals surface area contributed by atoms with Gasteiger partial charge in [0, 0.05) is 25.0 Å². The highest BCUT2D eigenvalue weighted by molar-refractivity contribution is 5.54. The van der Waals surface area contributed by atoms with E-state index < -0.39 is 0 Å². The third kappa shape index (κ3) is 4.38. The largest absolute Gasteiger partial charge is 0.345 e. The lowest BCUT2D eigenvalue weighted by Gasteiger charge is -2.21. The van der Waals surface area contributed by atoms with E-state index in [1.165, 1.54) is 16.9 Å². The van der Waals surface area contributed by atoms with E-state index in [2.05, 4.69) is 73.6 Å². The zero-order valence-corrected chi connectivity index (χ0v) is 11.9. The highest BCUT2D eigenvalue weighted by atomic mass is 15.1. The van der Waals surface area contributed by atoms with Gasteiger partial charge < -0.3 is 10.2 Å². The molecule has 0 saturated heterocycles. The van der Waals surface area contributed by atoms with Crippen molar-refractivity contribution in [2.24, 2.45) is 0 Å². The number of nitrogens with one attached hydrogen (secondary N) is 1. The Morgan fingerprint density at radius 1 is 1.39 bits per heavy atom. The maximum atomic E-state index is 3.12. The molecule has 0 aromatic heterocycles. The van der Waals surface area contributed by atoms with Gasteiger partial charge in [-0.1, -0.05) is 31.2 Å². The van der Waals surface area contributed by atoms with Crippen molar-refractivity contribution < 1.29 is 0 Å². The Morgan fingerprint density at radius 2 is 2.17 bits per heavy atom. The van der Waals surface area contributed by atoms with Crippen LogP contribution in [-0.2, 0) is 0 Å². The molecule has 0 heterocycles. The van der Waals surface area contributed by atoms with Crippen molar-refractivity contribution in [2.75, 3.05) is 25.5 Å². The van der Waals surface area contributed by atoms with E-state index in [0.29, 0.717) is 0 Å². The Bertz CT molecular complexity index is 419. The number of aryl methyl sites for hydroxylation is 1. The summed E-state index contributed by atoms with van der Waals surface area (Å²) in [7, 11) is 4.07. The molecule has 0 aliphatic rings. The van der Waals surface area contributed by atoms with Crippen LogP contribution in [0.25, 0.3) is 0 Å². The maximum Gasteiger partial charge on any atom is 0.0410 e. The average Bonchev–Trinajstić information content (AvgIpc) is 2.37. The highest BCUT2D eigenvalue weighted by Gasteiger charge is 2.03. The standard InChI is InChI=1S/C16H24N2/c1-5-8-15(11-7-12-17-3)18(4)16-10-6-9-14(2)13-16/h6-11,13,17H,5,12H2,1-4H3/b11-7+,15-8-. The highest BCUT2D eigenvalue weighted by Crippen LogP contribution is 2.19. The molecule has 0 saturated carbocycles. The van der Waals surface area contributed by atoms with Crippen molar-refractivity contribution in [3.8, 4) is 0 Å². The SMILES string of the molecule is CC/C=C(/C=C/CNC)N(C)c1cccc(C)c1. The molecular formula is C16H24N2. The van der Waals surface area contributed by atoms with E-state index in [-0.39, 0.29) is 0 Å². The van der Waals surface area contributed by atoms with E-state index in [4.69, 9.17) is 0 Å². The summed E-state index contributed by atoms with van der Waals surface area (Å²) in [6.45, 7) is 5.18. The molecule has 1 aromatic carbocycles. The number of nitrogens with zero attached hydrogens (tertiary/aromatic N) is 1. The Hall–Kier alpha value is -1.54. The number of rotatable bonds is 6. The van der Waals surface area contributed by atoms with Crippen LogP contribution in [0, 0.1) is 6.92 Å². The Morgan fingerprint density at radius 3 is 2.78 bits per heavy atom. The van der Waals surface area contributed by atoms with Crippen LogP contribution >= 0.6 is 0 Å². The molecule has 1 N–H and O–H groups in total. The zero-order valence-electron chi connectivity index (χ0n) is 11.9. The minimum Gasteiger partial charge on any atom is -0.345 e. The Kier molecular flexibility index (Phi) is 6.23. The molecule has 0 aliphatic carbocycles. The van der Waals surface area contributed by atoms with Crippen LogP contribution in [0.4, 0.5) is 5.69 Å². The first-order valence-electron chi connectivity index (χ1n) is 6.50. The normalized spacial score (nSPS) is 12.1. The minimum atomic E-state index is 0.892. The van der Waals surface area contributed by atoms with Gasteiger partial charge in [0.1, 0.15) is 0 Å². The third-order valence-electron chi connectivity index (χ3n) is 2.80. The third-order valence-corrected chi connectivity index (χ3v) is 2.80. The summed E-state index contributed by atoms with van der Waals surface area (Å²) in [5, 5.41) is 3.12. The molecule has 18 heavy (non-hydrogen) atoms. The molecule has 0 amide bonds. The second-order valence-corrected chi connectivity index (χ2v) is 4.40. The summed E-state index contributed by atoms with van der Waals surface area (Å²) >= 11 is 0. The Labute approximate surface area is 111 Å². The molecule has 0 aliphatic heterocycles. The second kappa shape index (κ2) is 7.72. The average molecular weight is 244 g/mol. The van der Waals surface area contributed by atoms with E-state index >= 15 is 0 Å². The Balaban J connectivity index is 2.89. The monoisotopic (exact) mass is 244 g/mol. The van der Waals surface area contributed by atoms with Crippen LogP contribution in [0.5, 0.6) is 0 Å². The van der Waals surface area contributed by atoms with Crippen molar-refractivity contribution in [2.45, 2.75) is 20.3 Å². The van der Waals surface area contributed by atoms with Crippen LogP contribution in [0.2, 0.25) is 0 Å². The first kappa shape index (κ1) is 14.5. The molecule has 98 valence electrons. The fourth-order valence-electron chi connectivity index (χ4n) is 1.81. The maximum absolute atomic E-state index is 3.12. The van der Waals surface area contributed by atoms with E-state index in [1.807, 2.05) is 7.05 Å². The molecule has 0 unspecified atom stereocenters. The number of benzene rings is 1. The van der Waals surface area contributed by atoms with E-state index in [9.17, 15) is 0 Å². The predicted molar refractivity (Wildman–Crippen MR) is 81.0 cm³/mol. The molecule has 1 aromatic rings. The molecule has 0 spiro atoms. The van der Waals surface area contributed by atoms with Crippen molar-refractivity contribution in [3.05, 3.63) is 53.8 Å². The second-order valence-electron chi connectivity index (χ2n) is 4.40. The minimum absolute atomic E-state index is 0.892. The van der Waals surface area contributed by atoms with Crippen molar-refractivity contribution in [3.63, 3.8) is 0 Å². The smallest absolute Gasteiger partial charge is 0.0410 e. The van der Waals surface area contributed by atoms with Crippen molar-refractivity contribution in [1.82, 2.24) is 5.32 Å². The molecule has 0 fully saturated rings. The van der Waals surface area contributed by atoms with Crippen LogP contribution in [-0.4, -0.2) is 20.6 Å². The van der Waals surface area contributed by atoms with Crippen molar-refractivity contribution >= 4 is 5.69 Å². The van der Waals surface area contributed by atoms with Gasteiger partial charge in [0.25, 0.3) is 0 Å². The summed E-state index contributed by atoms with van der Waals surface area (Å²) < 4.78 is 0. The molecule has 2 heteroatoms. The van der Waals surface area contributed by atoms with Gasteiger partial charge in [-0.3, -0.25) is 0 Å². The van der Waals surface area contributed by atoms with Gasteiger partial charge in [0.05, 0.1) is 0 Å². The van der Waals surface area contributed by atoms with E-state index in [0.717, 1.165) is 13.0 Å². The predicted octanol–water partition coefficient (Wildman–Crippen LogP) is 3.50. The lowest BCUT2D eigenvalue weighted by molar-refractivity contribution is 0.917. The van der Waals surface area contributed by atoms with Gasteiger partial charge in [-0.15, -0.1) is 0 Å². The summed E-state index contributed by atoms with van der Waals surface area (Å²) in [5.41, 5.74) is 3.75. The number of hydrogen-bond acceptors (Lipinski definition) is 2. The summed E-state index contributed by atoms with van der Waals surface area (Å²) in [6.07, 6.45) is 7.60. The summed E-state index contributed by atoms with van der Waals surface area (Å²) in [5.74, 6) is 0. The first-order valence-corrected chi connectivity index (χ1v) is 6.50. The molecule has 1 rings (SSSR count). The van der Waals surface area contributed by atoms with Crippen molar-refractivity contribution in [1.29, 1.82) is 0 Å².